The zero-order chi connectivity index (χ0) is 22.5. The SMILES string of the molecule is COc1cc(C(=S)N2CCC(C)CC2)cc(I)c1OCC(=O)Nc1cc(C)cc(C)c1. The standard InChI is InChI=1S/C24H29IN2O3S/c1-15-5-7-27(8-6-15)24(31)18-12-20(25)23(21(13-18)29-4)30-14-22(28)26-19-10-16(2)9-17(3)11-19/h9-13,15H,5-8,14H2,1-4H3,(H,26,28). The maximum Gasteiger partial charge on any atom is 0.262 e. The second-order valence-corrected chi connectivity index (χ2v) is 9.73. The summed E-state index contributed by atoms with van der Waals surface area (Å²) in [7, 11) is 1.60. The van der Waals surface area contributed by atoms with E-state index in [1.54, 1.807) is 7.11 Å². The lowest BCUT2D eigenvalue weighted by Gasteiger charge is -2.32. The molecule has 1 N–H and O–H groups in total. The van der Waals surface area contributed by atoms with Crippen LogP contribution in [-0.4, -0.2) is 42.6 Å². The summed E-state index contributed by atoms with van der Waals surface area (Å²) in [5.74, 6) is 1.66. The van der Waals surface area contributed by atoms with E-state index < -0.39 is 0 Å². The highest BCUT2D eigenvalue weighted by Crippen LogP contribution is 2.35. The second-order valence-electron chi connectivity index (χ2n) is 8.18. The van der Waals surface area contributed by atoms with Crippen molar-refractivity contribution in [3.8, 4) is 11.5 Å². The van der Waals surface area contributed by atoms with Gasteiger partial charge in [-0.2, -0.15) is 0 Å². The third-order valence-electron chi connectivity index (χ3n) is 5.40. The van der Waals surface area contributed by atoms with Crippen LogP contribution < -0.4 is 14.8 Å². The van der Waals surface area contributed by atoms with Gasteiger partial charge in [0, 0.05) is 24.3 Å². The molecule has 0 aliphatic carbocycles. The van der Waals surface area contributed by atoms with Gasteiger partial charge in [-0.25, -0.2) is 0 Å². The van der Waals surface area contributed by atoms with E-state index in [1.165, 1.54) is 0 Å². The minimum Gasteiger partial charge on any atom is -0.493 e. The van der Waals surface area contributed by atoms with E-state index in [2.05, 4.69) is 45.8 Å². The highest BCUT2D eigenvalue weighted by atomic mass is 127. The van der Waals surface area contributed by atoms with Crippen LogP contribution in [0.4, 0.5) is 5.69 Å². The third-order valence-corrected chi connectivity index (χ3v) is 6.70. The smallest absolute Gasteiger partial charge is 0.262 e. The number of hydrogen-bond donors (Lipinski definition) is 1. The fourth-order valence-electron chi connectivity index (χ4n) is 3.76. The van der Waals surface area contributed by atoms with Crippen LogP contribution in [0, 0.1) is 23.3 Å². The Labute approximate surface area is 203 Å². The van der Waals surface area contributed by atoms with Crippen LogP contribution in [0.1, 0.15) is 36.5 Å². The summed E-state index contributed by atoms with van der Waals surface area (Å²) in [4.78, 5) is 15.5. The number of piperidine rings is 1. The number of methoxy groups -OCH3 is 1. The number of ether oxygens (including phenoxy) is 2. The Balaban J connectivity index is 1.68. The average Bonchev–Trinajstić information content (AvgIpc) is 2.71. The molecule has 1 aliphatic heterocycles. The first-order valence-corrected chi connectivity index (χ1v) is 11.9. The number of nitrogens with one attached hydrogen (secondary N) is 1. The van der Waals surface area contributed by atoms with E-state index in [0.717, 1.165) is 62.8 Å². The Morgan fingerprint density at radius 2 is 1.81 bits per heavy atom. The Hall–Kier alpha value is -1.87. The molecule has 0 aromatic heterocycles. The van der Waals surface area contributed by atoms with Crippen molar-refractivity contribution in [1.29, 1.82) is 0 Å². The predicted molar refractivity (Wildman–Crippen MR) is 137 cm³/mol. The number of benzene rings is 2. The summed E-state index contributed by atoms with van der Waals surface area (Å²) in [6.45, 7) is 8.15. The minimum atomic E-state index is -0.218. The van der Waals surface area contributed by atoms with Crippen LogP contribution >= 0.6 is 34.8 Å². The second kappa shape index (κ2) is 10.6. The molecule has 5 nitrogen and oxygen atoms in total. The maximum absolute atomic E-state index is 12.4. The van der Waals surface area contributed by atoms with Crippen LogP contribution in [0.2, 0.25) is 0 Å². The first-order valence-electron chi connectivity index (χ1n) is 10.4. The van der Waals surface area contributed by atoms with Crippen LogP contribution in [-0.2, 0) is 4.79 Å². The molecule has 0 unspecified atom stereocenters. The molecule has 0 atom stereocenters. The lowest BCUT2D eigenvalue weighted by atomic mass is 9.99. The summed E-state index contributed by atoms with van der Waals surface area (Å²) in [6.07, 6.45) is 2.32. The van der Waals surface area contributed by atoms with Gasteiger partial charge >= 0.3 is 0 Å². The van der Waals surface area contributed by atoms with E-state index in [-0.39, 0.29) is 12.5 Å². The van der Waals surface area contributed by atoms with Crippen molar-refractivity contribution in [3.05, 3.63) is 50.6 Å². The van der Waals surface area contributed by atoms with Crippen molar-refractivity contribution in [2.75, 3.05) is 32.1 Å². The lowest BCUT2D eigenvalue weighted by molar-refractivity contribution is -0.118. The van der Waals surface area contributed by atoms with Gasteiger partial charge in [-0.15, -0.1) is 0 Å². The van der Waals surface area contributed by atoms with Crippen LogP contribution in [0.3, 0.4) is 0 Å². The predicted octanol–water partition coefficient (Wildman–Crippen LogP) is 5.34. The molecular formula is C24H29IN2O3S. The number of carbonyl (C=O) groups is 1. The van der Waals surface area contributed by atoms with Gasteiger partial charge in [-0.05, 0) is 90.6 Å². The molecule has 0 bridgehead atoms. The number of thiocarbonyl (C=S) groups is 1. The lowest BCUT2D eigenvalue weighted by Crippen LogP contribution is -2.37. The number of likely N-dealkylation sites (tertiary alicyclic amines) is 1. The summed E-state index contributed by atoms with van der Waals surface area (Å²) in [5.41, 5.74) is 3.91. The highest BCUT2D eigenvalue weighted by Gasteiger charge is 2.21. The number of amides is 1. The highest BCUT2D eigenvalue weighted by molar-refractivity contribution is 14.1. The zero-order valence-corrected chi connectivity index (χ0v) is 21.4. The molecule has 1 amide bonds. The number of halogens is 1. The third kappa shape index (κ3) is 6.32. The zero-order valence-electron chi connectivity index (χ0n) is 18.5. The van der Waals surface area contributed by atoms with Gasteiger partial charge in [0.15, 0.2) is 18.1 Å². The summed E-state index contributed by atoms with van der Waals surface area (Å²) in [6, 6.07) is 9.84. The maximum atomic E-state index is 12.4. The summed E-state index contributed by atoms with van der Waals surface area (Å²) < 4.78 is 12.3. The van der Waals surface area contributed by atoms with Crippen LogP contribution in [0.25, 0.3) is 0 Å². The fraction of sp³-hybridized carbons (Fsp3) is 0.417. The monoisotopic (exact) mass is 552 g/mol. The Bertz CT molecular complexity index is 951. The number of hydrogen-bond acceptors (Lipinski definition) is 4. The molecule has 2 aromatic rings. The van der Waals surface area contributed by atoms with Gasteiger partial charge in [0.05, 0.1) is 10.7 Å². The summed E-state index contributed by atoms with van der Waals surface area (Å²) in [5, 5.41) is 2.89. The minimum absolute atomic E-state index is 0.104. The first kappa shape index (κ1) is 23.8. The largest absolute Gasteiger partial charge is 0.493 e. The number of nitrogens with zero attached hydrogens (tertiary/aromatic N) is 1. The average molecular weight is 552 g/mol. The van der Waals surface area contributed by atoms with Crippen molar-refractivity contribution in [2.24, 2.45) is 5.92 Å². The fourth-order valence-corrected chi connectivity index (χ4v) is 4.82. The molecule has 0 spiro atoms. The van der Waals surface area contributed by atoms with E-state index >= 15 is 0 Å². The van der Waals surface area contributed by atoms with Crippen molar-refractivity contribution < 1.29 is 14.3 Å². The van der Waals surface area contributed by atoms with Crippen molar-refractivity contribution >= 4 is 51.4 Å². The molecule has 1 heterocycles. The molecule has 1 saturated heterocycles. The Morgan fingerprint density at radius 1 is 1.16 bits per heavy atom. The van der Waals surface area contributed by atoms with Gasteiger partial charge in [0.25, 0.3) is 5.91 Å². The molecule has 7 heteroatoms. The van der Waals surface area contributed by atoms with Crippen molar-refractivity contribution in [3.63, 3.8) is 0 Å². The van der Waals surface area contributed by atoms with Crippen LogP contribution in [0.15, 0.2) is 30.3 Å². The quantitative estimate of drug-likeness (QED) is 0.388. The number of carbonyl (C=O) groups excluding carboxylic acids is 1. The molecule has 0 radical (unpaired) electrons. The molecule has 1 fully saturated rings. The Kier molecular flexibility index (Phi) is 8.16. The van der Waals surface area contributed by atoms with E-state index in [4.69, 9.17) is 21.7 Å². The molecule has 31 heavy (non-hydrogen) atoms. The topological polar surface area (TPSA) is 50.8 Å². The van der Waals surface area contributed by atoms with Gasteiger partial charge in [-0.3, -0.25) is 4.79 Å². The van der Waals surface area contributed by atoms with E-state index in [9.17, 15) is 4.79 Å². The number of aryl methyl sites for hydroxylation is 2. The van der Waals surface area contributed by atoms with Crippen LogP contribution in [0.5, 0.6) is 11.5 Å². The van der Waals surface area contributed by atoms with Gasteiger partial charge in [-0.1, -0.05) is 25.2 Å². The van der Waals surface area contributed by atoms with Gasteiger partial charge in [0.2, 0.25) is 0 Å². The molecular weight excluding hydrogens is 523 g/mol. The molecule has 1 aliphatic rings. The summed E-state index contributed by atoms with van der Waals surface area (Å²) >= 11 is 7.96. The van der Waals surface area contributed by atoms with Crippen molar-refractivity contribution in [2.45, 2.75) is 33.6 Å². The Morgan fingerprint density at radius 3 is 2.42 bits per heavy atom. The first-order chi connectivity index (χ1) is 14.8. The normalized spacial score (nSPS) is 14.3. The molecule has 166 valence electrons. The molecule has 0 saturated carbocycles. The number of anilines is 1. The van der Waals surface area contributed by atoms with Gasteiger partial charge < -0.3 is 19.7 Å². The van der Waals surface area contributed by atoms with E-state index in [0.29, 0.717) is 11.5 Å². The molecule has 3 rings (SSSR count). The number of rotatable bonds is 6. The van der Waals surface area contributed by atoms with Crippen molar-refractivity contribution in [1.82, 2.24) is 4.90 Å². The van der Waals surface area contributed by atoms with Gasteiger partial charge in [0.1, 0.15) is 4.99 Å². The molecule has 2 aromatic carbocycles. The van der Waals surface area contributed by atoms with E-state index in [1.807, 2.05) is 38.1 Å².